The molecule has 0 bridgehead atoms. The summed E-state index contributed by atoms with van der Waals surface area (Å²) in [5.41, 5.74) is 0.958. The van der Waals surface area contributed by atoms with Gasteiger partial charge in [0.05, 0.1) is 25.8 Å². The molecule has 4 heteroatoms. The Labute approximate surface area is 84.9 Å². The van der Waals surface area contributed by atoms with E-state index in [4.69, 9.17) is 0 Å². The Bertz CT molecular complexity index is 269. The van der Waals surface area contributed by atoms with Gasteiger partial charge in [-0.15, -0.1) is 0 Å². The van der Waals surface area contributed by atoms with Crippen LogP contribution in [-0.4, -0.2) is 22.9 Å². The summed E-state index contributed by atoms with van der Waals surface area (Å²) in [4.78, 5) is 10.7. The highest BCUT2D eigenvalue weighted by Gasteiger charge is 2.00. The summed E-state index contributed by atoms with van der Waals surface area (Å²) < 4.78 is 6.23. The Hall–Kier alpha value is -1.32. The maximum Gasteiger partial charge on any atom is 0.307 e. The van der Waals surface area contributed by atoms with Crippen LogP contribution < -0.4 is 0 Å². The molecule has 0 aliphatic heterocycles. The molecule has 80 valence electrons. The Morgan fingerprint density at radius 3 is 2.64 bits per heavy atom. The summed E-state index contributed by atoms with van der Waals surface area (Å²) in [5.74, 6) is -0.205. The molecule has 0 radical (unpaired) electrons. The maximum atomic E-state index is 10.7. The third-order valence-corrected chi connectivity index (χ3v) is 1.55. The zero-order chi connectivity index (χ0) is 11.0. The summed E-state index contributed by atoms with van der Waals surface area (Å²) in [6, 6.07) is 1.90. The van der Waals surface area contributed by atoms with Crippen molar-refractivity contribution in [1.29, 1.82) is 0 Å². The Balaban J connectivity index is 0.000000791. The van der Waals surface area contributed by atoms with Crippen molar-refractivity contribution in [3.8, 4) is 0 Å². The van der Waals surface area contributed by atoms with Crippen molar-refractivity contribution >= 4 is 5.97 Å². The smallest absolute Gasteiger partial charge is 0.307 e. The van der Waals surface area contributed by atoms with Crippen LogP contribution in [0.1, 0.15) is 26.0 Å². The second kappa shape index (κ2) is 7.12. The molecule has 0 spiro atoms. The van der Waals surface area contributed by atoms with Crippen molar-refractivity contribution in [3.63, 3.8) is 0 Å². The van der Waals surface area contributed by atoms with E-state index in [0.29, 0.717) is 13.0 Å². The van der Waals surface area contributed by atoms with Gasteiger partial charge in [0.1, 0.15) is 0 Å². The van der Waals surface area contributed by atoms with Crippen LogP contribution in [0.3, 0.4) is 0 Å². The fourth-order valence-electron chi connectivity index (χ4n) is 0.896. The minimum absolute atomic E-state index is 0.205. The van der Waals surface area contributed by atoms with Crippen molar-refractivity contribution in [2.24, 2.45) is 0 Å². The van der Waals surface area contributed by atoms with Crippen LogP contribution in [0.5, 0.6) is 0 Å². The Morgan fingerprint density at radius 1 is 1.57 bits per heavy atom. The van der Waals surface area contributed by atoms with Crippen molar-refractivity contribution in [1.82, 2.24) is 9.78 Å². The Morgan fingerprint density at radius 2 is 2.21 bits per heavy atom. The van der Waals surface area contributed by atoms with Crippen LogP contribution in [-0.2, 0) is 16.1 Å². The fraction of sp³-hybridized carbons (Fsp3) is 0.600. The van der Waals surface area contributed by atoms with Gasteiger partial charge in [-0.3, -0.25) is 9.48 Å². The summed E-state index contributed by atoms with van der Waals surface area (Å²) in [6.07, 6.45) is 2.22. The second-order valence-corrected chi connectivity index (χ2v) is 2.55. The van der Waals surface area contributed by atoms with Crippen LogP contribution in [0.2, 0.25) is 0 Å². The standard InChI is InChI=1S/C8H12N2O2.C2H6/c1-7-3-5-10(9-7)6-4-8(11)12-2;1-2/h3,5H,4,6H2,1-2H3;1-2H3. The number of aromatic nitrogens is 2. The molecular weight excluding hydrogens is 180 g/mol. The predicted molar refractivity (Wildman–Crippen MR) is 54.9 cm³/mol. The average Bonchev–Trinajstić information content (AvgIpc) is 2.64. The molecule has 0 aromatic carbocycles. The molecule has 0 unspecified atom stereocenters. The summed E-state index contributed by atoms with van der Waals surface area (Å²) in [5, 5.41) is 4.13. The number of aryl methyl sites for hydroxylation is 2. The first-order chi connectivity index (χ1) is 6.72. The zero-order valence-corrected chi connectivity index (χ0v) is 9.28. The van der Waals surface area contributed by atoms with Crippen molar-refractivity contribution < 1.29 is 9.53 Å². The number of carbonyl (C=O) groups is 1. The normalized spacial score (nSPS) is 8.86. The van der Waals surface area contributed by atoms with Crippen LogP contribution >= 0.6 is 0 Å². The molecule has 0 N–H and O–H groups in total. The number of rotatable bonds is 3. The number of nitrogens with zero attached hydrogens (tertiary/aromatic N) is 2. The van der Waals surface area contributed by atoms with Crippen LogP contribution in [0, 0.1) is 6.92 Å². The molecule has 0 aliphatic rings. The van der Waals surface area contributed by atoms with E-state index >= 15 is 0 Å². The first kappa shape index (κ1) is 12.7. The number of ether oxygens (including phenoxy) is 1. The second-order valence-electron chi connectivity index (χ2n) is 2.55. The van der Waals surface area contributed by atoms with Gasteiger partial charge in [0, 0.05) is 6.20 Å². The van der Waals surface area contributed by atoms with E-state index in [-0.39, 0.29) is 5.97 Å². The summed E-state index contributed by atoms with van der Waals surface area (Å²) >= 11 is 0. The largest absolute Gasteiger partial charge is 0.469 e. The highest BCUT2D eigenvalue weighted by Crippen LogP contribution is 1.95. The van der Waals surface area contributed by atoms with Crippen molar-refractivity contribution in [2.75, 3.05) is 7.11 Å². The van der Waals surface area contributed by atoms with E-state index < -0.39 is 0 Å². The average molecular weight is 198 g/mol. The minimum atomic E-state index is -0.205. The van der Waals surface area contributed by atoms with E-state index in [0.717, 1.165) is 5.69 Å². The van der Waals surface area contributed by atoms with Gasteiger partial charge in [-0.25, -0.2) is 0 Å². The number of esters is 1. The minimum Gasteiger partial charge on any atom is -0.469 e. The summed E-state index contributed by atoms with van der Waals surface area (Å²) in [6.45, 7) is 6.50. The van der Waals surface area contributed by atoms with Gasteiger partial charge >= 0.3 is 5.97 Å². The highest BCUT2D eigenvalue weighted by molar-refractivity contribution is 5.68. The molecule has 0 saturated heterocycles. The third-order valence-electron chi connectivity index (χ3n) is 1.55. The number of hydrogen-bond donors (Lipinski definition) is 0. The van der Waals surface area contributed by atoms with Gasteiger partial charge in [0.15, 0.2) is 0 Å². The lowest BCUT2D eigenvalue weighted by Crippen LogP contribution is -2.07. The monoisotopic (exact) mass is 198 g/mol. The van der Waals surface area contributed by atoms with Gasteiger partial charge in [0.2, 0.25) is 0 Å². The van der Waals surface area contributed by atoms with E-state index in [1.807, 2.05) is 33.0 Å². The lowest BCUT2D eigenvalue weighted by atomic mass is 10.4. The third kappa shape index (κ3) is 4.64. The van der Waals surface area contributed by atoms with Crippen LogP contribution in [0.25, 0.3) is 0 Å². The fourth-order valence-corrected chi connectivity index (χ4v) is 0.896. The van der Waals surface area contributed by atoms with Gasteiger partial charge in [-0.2, -0.15) is 5.10 Å². The molecule has 0 fully saturated rings. The number of methoxy groups -OCH3 is 1. The molecule has 14 heavy (non-hydrogen) atoms. The predicted octanol–water partition coefficient (Wildman–Crippen LogP) is 1.78. The SMILES string of the molecule is CC.COC(=O)CCn1ccc(C)n1. The van der Waals surface area contributed by atoms with Gasteiger partial charge < -0.3 is 4.74 Å². The van der Waals surface area contributed by atoms with Gasteiger partial charge in [-0.05, 0) is 13.0 Å². The topological polar surface area (TPSA) is 44.1 Å². The van der Waals surface area contributed by atoms with Crippen molar-refractivity contribution in [3.05, 3.63) is 18.0 Å². The van der Waals surface area contributed by atoms with Gasteiger partial charge in [0.25, 0.3) is 0 Å². The van der Waals surface area contributed by atoms with E-state index in [1.165, 1.54) is 7.11 Å². The van der Waals surface area contributed by atoms with E-state index in [1.54, 1.807) is 4.68 Å². The molecular formula is C10H18N2O2. The first-order valence-electron chi connectivity index (χ1n) is 4.79. The maximum absolute atomic E-state index is 10.7. The summed E-state index contributed by atoms with van der Waals surface area (Å²) in [7, 11) is 1.39. The quantitative estimate of drug-likeness (QED) is 0.695. The molecule has 1 rings (SSSR count). The van der Waals surface area contributed by atoms with E-state index in [9.17, 15) is 4.79 Å². The molecule has 1 aromatic rings. The van der Waals surface area contributed by atoms with E-state index in [2.05, 4.69) is 9.84 Å². The molecule has 1 aromatic heterocycles. The molecule has 0 atom stereocenters. The number of carbonyl (C=O) groups excluding carboxylic acids is 1. The molecule has 0 aliphatic carbocycles. The lowest BCUT2D eigenvalue weighted by Gasteiger charge is -1.99. The highest BCUT2D eigenvalue weighted by atomic mass is 16.5. The number of hydrogen-bond acceptors (Lipinski definition) is 3. The van der Waals surface area contributed by atoms with Gasteiger partial charge in [-0.1, -0.05) is 13.8 Å². The zero-order valence-electron chi connectivity index (χ0n) is 9.28. The van der Waals surface area contributed by atoms with Crippen molar-refractivity contribution in [2.45, 2.75) is 33.7 Å². The van der Waals surface area contributed by atoms with Crippen LogP contribution in [0.4, 0.5) is 0 Å². The van der Waals surface area contributed by atoms with Crippen LogP contribution in [0.15, 0.2) is 12.3 Å². The lowest BCUT2D eigenvalue weighted by molar-refractivity contribution is -0.140. The molecule has 0 saturated carbocycles. The molecule has 4 nitrogen and oxygen atoms in total. The molecule has 0 amide bonds. The first-order valence-corrected chi connectivity index (χ1v) is 4.79. The Kier molecular flexibility index (Phi) is 6.45. The molecule has 1 heterocycles.